The van der Waals surface area contributed by atoms with E-state index in [0.717, 1.165) is 4.90 Å². The van der Waals surface area contributed by atoms with Crippen molar-refractivity contribution < 1.29 is 28.6 Å². The second-order valence-electron chi connectivity index (χ2n) is 7.67. The molecule has 1 aliphatic rings. The number of imide groups is 1. The molecular weight excluding hydrogens is 314 g/mol. The van der Waals surface area contributed by atoms with Crippen LogP contribution in [0.2, 0.25) is 0 Å². The van der Waals surface area contributed by atoms with E-state index in [1.807, 2.05) is 0 Å². The molecule has 0 fully saturated rings. The molecule has 0 unspecified atom stereocenters. The van der Waals surface area contributed by atoms with Gasteiger partial charge in [-0.05, 0) is 47.6 Å². The van der Waals surface area contributed by atoms with Gasteiger partial charge in [0.15, 0.2) is 0 Å². The highest BCUT2D eigenvalue weighted by Crippen LogP contribution is 2.24. The van der Waals surface area contributed by atoms with Crippen LogP contribution in [0.5, 0.6) is 0 Å². The summed E-state index contributed by atoms with van der Waals surface area (Å²) < 4.78 is 15.7. The number of amides is 2. The summed E-state index contributed by atoms with van der Waals surface area (Å²) in [6.07, 6.45) is 1.48. The van der Waals surface area contributed by atoms with Crippen LogP contribution < -0.4 is 0 Å². The van der Waals surface area contributed by atoms with Crippen LogP contribution in [0.1, 0.15) is 54.9 Å². The summed E-state index contributed by atoms with van der Waals surface area (Å²) in [5, 5.41) is 0. The third-order valence-electron chi connectivity index (χ3n) is 2.85. The molecule has 2 amide bonds. The highest BCUT2D eigenvalue weighted by molar-refractivity contribution is 5.89. The summed E-state index contributed by atoms with van der Waals surface area (Å²) in [6.45, 7) is 11.6. The lowest BCUT2D eigenvalue weighted by atomic mass is 10.2. The molecule has 0 saturated carbocycles. The fraction of sp³-hybridized carbons (Fsp3) is 0.706. The van der Waals surface area contributed by atoms with Gasteiger partial charge in [-0.3, -0.25) is 4.79 Å². The lowest BCUT2D eigenvalue weighted by Gasteiger charge is -2.31. The zero-order chi connectivity index (χ0) is 18.7. The largest absolute Gasteiger partial charge is 0.458 e. The van der Waals surface area contributed by atoms with Crippen LogP contribution in [0.15, 0.2) is 12.2 Å². The molecule has 0 saturated heterocycles. The minimum Gasteiger partial charge on any atom is -0.458 e. The van der Waals surface area contributed by atoms with Crippen LogP contribution in [-0.2, 0) is 19.0 Å². The Morgan fingerprint density at radius 3 is 1.75 bits per heavy atom. The molecule has 7 nitrogen and oxygen atoms in total. The molecule has 1 rings (SSSR count). The van der Waals surface area contributed by atoms with E-state index in [1.54, 1.807) is 53.7 Å². The van der Waals surface area contributed by atoms with Crippen molar-refractivity contribution in [2.45, 2.75) is 78.2 Å². The maximum atomic E-state index is 12.5. The van der Waals surface area contributed by atoms with Crippen LogP contribution in [-0.4, -0.2) is 46.4 Å². The maximum absolute atomic E-state index is 12.5. The Kier molecular flexibility index (Phi) is 6.03. The molecule has 2 atom stereocenters. The quantitative estimate of drug-likeness (QED) is 0.435. The highest BCUT2D eigenvalue weighted by atomic mass is 16.6. The van der Waals surface area contributed by atoms with E-state index >= 15 is 0 Å². The van der Waals surface area contributed by atoms with Crippen LogP contribution in [0, 0.1) is 0 Å². The fourth-order valence-corrected chi connectivity index (χ4v) is 2.11. The van der Waals surface area contributed by atoms with E-state index in [1.165, 1.54) is 6.92 Å². The van der Waals surface area contributed by atoms with E-state index in [9.17, 15) is 14.4 Å². The van der Waals surface area contributed by atoms with E-state index < -0.39 is 41.5 Å². The predicted octanol–water partition coefficient (Wildman–Crippen LogP) is 3.42. The number of nitrogens with zero attached hydrogens (tertiary/aromatic N) is 1. The summed E-state index contributed by atoms with van der Waals surface area (Å²) in [6, 6.07) is -0.598. The van der Waals surface area contributed by atoms with Gasteiger partial charge in [-0.25, -0.2) is 14.5 Å². The van der Waals surface area contributed by atoms with Gasteiger partial charge in [0.25, 0.3) is 0 Å². The number of carbonyl (C=O) groups is 3. The van der Waals surface area contributed by atoms with Gasteiger partial charge < -0.3 is 14.2 Å². The summed E-state index contributed by atoms with van der Waals surface area (Å²) in [4.78, 5) is 36.9. The average molecular weight is 341 g/mol. The molecule has 0 heterocycles. The SMILES string of the molecule is CC(=O)O[C@@H]1C=C[C@@H](N(C(=O)OC(C)(C)C)C(=O)OC(C)(C)C)C1. The maximum Gasteiger partial charge on any atom is 0.420 e. The molecule has 0 aliphatic heterocycles. The minimum atomic E-state index is -0.796. The lowest BCUT2D eigenvalue weighted by Crippen LogP contribution is -2.48. The Hall–Kier alpha value is -2.05. The molecule has 7 heteroatoms. The first-order valence-electron chi connectivity index (χ1n) is 7.89. The normalized spacial score (nSPS) is 20.5. The van der Waals surface area contributed by atoms with Crippen LogP contribution in [0.3, 0.4) is 0 Å². The topological polar surface area (TPSA) is 82.1 Å². The molecular formula is C17H27NO6. The highest BCUT2D eigenvalue weighted by Gasteiger charge is 2.38. The van der Waals surface area contributed by atoms with E-state index in [0.29, 0.717) is 0 Å². The van der Waals surface area contributed by atoms with Crippen LogP contribution >= 0.6 is 0 Å². The first kappa shape index (κ1) is 20.0. The number of esters is 1. The number of rotatable bonds is 2. The van der Waals surface area contributed by atoms with Gasteiger partial charge in [-0.1, -0.05) is 6.08 Å². The Balaban J connectivity index is 2.94. The van der Waals surface area contributed by atoms with Gasteiger partial charge in [0.2, 0.25) is 0 Å². The molecule has 0 spiro atoms. The average Bonchev–Trinajstić information content (AvgIpc) is 2.70. The van der Waals surface area contributed by atoms with Gasteiger partial charge in [-0.2, -0.15) is 0 Å². The van der Waals surface area contributed by atoms with Crippen molar-refractivity contribution >= 4 is 18.2 Å². The molecule has 0 aromatic heterocycles. The monoisotopic (exact) mass is 341 g/mol. The zero-order valence-corrected chi connectivity index (χ0v) is 15.4. The van der Waals surface area contributed by atoms with Crippen molar-refractivity contribution in [3.05, 3.63) is 12.2 Å². The van der Waals surface area contributed by atoms with Gasteiger partial charge in [-0.15, -0.1) is 0 Å². The van der Waals surface area contributed by atoms with Crippen molar-refractivity contribution in [2.24, 2.45) is 0 Å². The molecule has 136 valence electrons. The summed E-state index contributed by atoms with van der Waals surface area (Å²) in [7, 11) is 0. The van der Waals surface area contributed by atoms with Crippen LogP contribution in [0.25, 0.3) is 0 Å². The number of hydrogen-bond donors (Lipinski definition) is 0. The molecule has 0 radical (unpaired) electrons. The number of hydrogen-bond acceptors (Lipinski definition) is 6. The standard InChI is InChI=1S/C17H27NO6/c1-11(19)22-13-9-8-12(10-13)18(14(20)23-16(2,3)4)15(21)24-17(5,6)7/h8-9,12-13H,10H2,1-7H3/t12-,13-/m1/s1. The van der Waals surface area contributed by atoms with Crippen molar-refractivity contribution in [3.63, 3.8) is 0 Å². The Labute approximate surface area is 142 Å². The van der Waals surface area contributed by atoms with Gasteiger partial charge in [0.1, 0.15) is 17.3 Å². The third kappa shape index (κ3) is 6.60. The van der Waals surface area contributed by atoms with E-state index in [2.05, 4.69) is 0 Å². The van der Waals surface area contributed by atoms with E-state index in [-0.39, 0.29) is 6.42 Å². The molecule has 24 heavy (non-hydrogen) atoms. The van der Waals surface area contributed by atoms with Gasteiger partial charge in [0, 0.05) is 13.3 Å². The fourth-order valence-electron chi connectivity index (χ4n) is 2.11. The first-order valence-corrected chi connectivity index (χ1v) is 7.89. The first-order chi connectivity index (χ1) is 10.8. The van der Waals surface area contributed by atoms with Gasteiger partial charge in [0.05, 0.1) is 6.04 Å². The van der Waals surface area contributed by atoms with Crippen molar-refractivity contribution in [1.29, 1.82) is 0 Å². The van der Waals surface area contributed by atoms with Crippen molar-refractivity contribution in [1.82, 2.24) is 4.90 Å². The molecule has 0 bridgehead atoms. The Morgan fingerprint density at radius 2 is 1.38 bits per heavy atom. The second-order valence-corrected chi connectivity index (χ2v) is 7.67. The van der Waals surface area contributed by atoms with E-state index in [4.69, 9.17) is 14.2 Å². The van der Waals surface area contributed by atoms with Gasteiger partial charge >= 0.3 is 18.2 Å². The van der Waals surface area contributed by atoms with Crippen molar-refractivity contribution in [2.75, 3.05) is 0 Å². The second kappa shape index (κ2) is 7.23. The summed E-state index contributed by atoms with van der Waals surface area (Å²) in [5.74, 6) is -0.425. The smallest absolute Gasteiger partial charge is 0.420 e. The molecule has 0 N–H and O–H groups in total. The summed E-state index contributed by atoms with van der Waals surface area (Å²) >= 11 is 0. The lowest BCUT2D eigenvalue weighted by molar-refractivity contribution is -0.144. The van der Waals surface area contributed by atoms with Crippen molar-refractivity contribution in [3.8, 4) is 0 Å². The van der Waals surface area contributed by atoms with Crippen LogP contribution in [0.4, 0.5) is 9.59 Å². The summed E-state index contributed by atoms with van der Waals surface area (Å²) in [5.41, 5.74) is -1.51. The Morgan fingerprint density at radius 1 is 0.917 bits per heavy atom. The molecule has 1 aliphatic carbocycles. The predicted molar refractivity (Wildman–Crippen MR) is 87.4 cm³/mol. The third-order valence-corrected chi connectivity index (χ3v) is 2.85. The zero-order valence-electron chi connectivity index (χ0n) is 15.4. The Bertz CT molecular complexity index is 498. The number of ether oxygens (including phenoxy) is 3. The molecule has 0 aromatic rings. The minimum absolute atomic E-state index is 0.276. The molecule has 0 aromatic carbocycles. The number of carbonyl (C=O) groups excluding carboxylic acids is 3.